The van der Waals surface area contributed by atoms with Crippen LogP contribution in [0.5, 0.6) is 0 Å². The first kappa shape index (κ1) is 42.5. The van der Waals surface area contributed by atoms with Gasteiger partial charge in [-0.25, -0.2) is 9.97 Å². The quantitative estimate of drug-likeness (QED) is 0.113. The van der Waals surface area contributed by atoms with Crippen LogP contribution in [0.4, 0.5) is 0 Å². The fourth-order valence-electron chi connectivity index (χ4n) is 11.0. The number of terminal acetylenes is 1. The van der Waals surface area contributed by atoms with E-state index in [9.17, 15) is 0 Å². The lowest BCUT2D eigenvalue weighted by Crippen LogP contribution is -2.00. The van der Waals surface area contributed by atoms with Gasteiger partial charge in [0.25, 0.3) is 0 Å². The number of nitrogens with zero attached hydrogens (tertiary/aromatic N) is 6. The van der Waals surface area contributed by atoms with Gasteiger partial charge in [0.05, 0.1) is 61.0 Å². The van der Waals surface area contributed by atoms with Crippen molar-refractivity contribution >= 4 is 93.8 Å². The van der Waals surface area contributed by atoms with Gasteiger partial charge in [0.15, 0.2) is 0 Å². The van der Waals surface area contributed by atoms with Crippen LogP contribution in [-0.2, 0) is 0 Å². The van der Waals surface area contributed by atoms with Gasteiger partial charge in [0, 0.05) is 67.4 Å². The van der Waals surface area contributed by atoms with E-state index in [1.54, 1.807) is 6.08 Å². The molecule has 0 spiro atoms. The number of aryl methyl sites for hydroxylation is 1. The van der Waals surface area contributed by atoms with Crippen LogP contribution in [0.15, 0.2) is 200 Å². The van der Waals surface area contributed by atoms with E-state index in [1.807, 2.05) is 19.1 Å². The highest BCUT2D eigenvalue weighted by Gasteiger charge is 2.22. The Labute approximate surface area is 417 Å². The van der Waals surface area contributed by atoms with E-state index in [-0.39, 0.29) is 0 Å². The average Bonchev–Trinajstić information content (AvgIpc) is 4.05. The summed E-state index contributed by atoms with van der Waals surface area (Å²) in [7, 11) is 0. The van der Waals surface area contributed by atoms with Crippen molar-refractivity contribution in [3.63, 3.8) is 0 Å². The summed E-state index contributed by atoms with van der Waals surface area (Å²) in [5, 5.41) is 5.79. The van der Waals surface area contributed by atoms with Gasteiger partial charge in [-0.2, -0.15) is 0 Å². The summed E-state index contributed by atoms with van der Waals surface area (Å²) in [5.41, 5.74) is 19.7. The minimum atomic E-state index is 0.715. The number of allylic oxidation sites excluding steroid dienone is 9. The summed E-state index contributed by atoms with van der Waals surface area (Å²) in [5.74, 6) is 9.08. The summed E-state index contributed by atoms with van der Waals surface area (Å²) in [4.78, 5) is 10.9. The van der Waals surface area contributed by atoms with Gasteiger partial charge in [-0.1, -0.05) is 103 Å². The second-order valence-electron chi connectivity index (χ2n) is 18.2. The van der Waals surface area contributed by atoms with Gasteiger partial charge in [0.1, 0.15) is 0 Å². The second kappa shape index (κ2) is 17.1. The molecule has 13 rings (SSSR count). The van der Waals surface area contributed by atoms with Crippen LogP contribution >= 0.6 is 0 Å². The highest BCUT2D eigenvalue weighted by Crippen LogP contribution is 2.40. The van der Waals surface area contributed by atoms with Gasteiger partial charge in [-0.3, -0.25) is 0 Å². The molecule has 0 bridgehead atoms. The maximum absolute atomic E-state index is 5.69. The van der Waals surface area contributed by atoms with Crippen molar-refractivity contribution < 1.29 is 0 Å². The lowest BCUT2D eigenvalue weighted by atomic mass is 10.1. The third-order valence-electron chi connectivity index (χ3n) is 14.2. The van der Waals surface area contributed by atoms with Gasteiger partial charge in [-0.05, 0) is 153 Å². The zero-order valence-corrected chi connectivity index (χ0v) is 40.1. The predicted octanol–water partition coefficient (Wildman–Crippen LogP) is 16.0. The molecule has 0 radical (unpaired) electrons. The number of fused-ring (bicyclic) bond motifs is 10. The number of pyridine rings is 2. The molecule has 0 aliphatic heterocycles. The smallest absolute Gasteiger partial charge is 0.0971 e. The van der Waals surface area contributed by atoms with Crippen molar-refractivity contribution in [1.82, 2.24) is 28.2 Å². The molecule has 0 unspecified atom stereocenters. The maximum atomic E-state index is 5.69. The van der Waals surface area contributed by atoms with Crippen LogP contribution in [0, 0.1) is 31.1 Å². The van der Waals surface area contributed by atoms with E-state index < -0.39 is 0 Å². The first-order valence-electron chi connectivity index (χ1n) is 24.4. The van der Waals surface area contributed by atoms with Crippen molar-refractivity contribution in [2.75, 3.05) is 0 Å². The molecule has 0 fully saturated rings. The summed E-state index contributed by atoms with van der Waals surface area (Å²) >= 11 is 0. The minimum absolute atomic E-state index is 0.715. The highest BCUT2D eigenvalue weighted by atomic mass is 15.0. The molecule has 1 aliphatic rings. The molecule has 340 valence electrons. The van der Waals surface area contributed by atoms with E-state index in [0.717, 1.165) is 111 Å². The molecule has 6 heterocycles. The van der Waals surface area contributed by atoms with Crippen LogP contribution in [0.2, 0.25) is 0 Å². The van der Waals surface area contributed by atoms with Gasteiger partial charge in [0.2, 0.25) is 0 Å². The monoisotopic (exact) mass is 922 g/mol. The van der Waals surface area contributed by atoms with Crippen LogP contribution in [0.1, 0.15) is 42.9 Å². The van der Waals surface area contributed by atoms with Crippen molar-refractivity contribution in [1.29, 1.82) is 0 Å². The lowest BCUT2D eigenvalue weighted by Gasteiger charge is -2.14. The average molecular weight is 923 g/mol. The molecule has 0 amide bonds. The summed E-state index contributed by atoms with van der Waals surface area (Å²) in [6.07, 6.45) is 22.7. The molecule has 6 aromatic carbocycles. The molecule has 6 aromatic heterocycles. The van der Waals surface area contributed by atoms with Crippen LogP contribution in [0.3, 0.4) is 0 Å². The van der Waals surface area contributed by atoms with Crippen LogP contribution in [0.25, 0.3) is 117 Å². The number of benzene rings is 6. The van der Waals surface area contributed by atoms with Gasteiger partial charge in [-0.15, -0.1) is 6.42 Å². The van der Waals surface area contributed by atoms with E-state index in [2.05, 4.69) is 238 Å². The van der Waals surface area contributed by atoms with E-state index >= 15 is 0 Å². The Hall–Kier alpha value is -9.62. The highest BCUT2D eigenvalue weighted by molar-refractivity contribution is 6.12. The van der Waals surface area contributed by atoms with Crippen LogP contribution in [-0.4, -0.2) is 28.2 Å². The number of para-hydroxylation sites is 3. The minimum Gasteiger partial charge on any atom is -0.310 e. The Morgan fingerprint density at radius 2 is 1.12 bits per heavy atom. The summed E-state index contributed by atoms with van der Waals surface area (Å²) < 4.78 is 9.46. The first-order chi connectivity index (χ1) is 35.5. The van der Waals surface area contributed by atoms with Crippen molar-refractivity contribution in [3.05, 3.63) is 223 Å². The standard InChI is InChI=1S/C66H46N6/c1-5-8-21-44(7-3)55-34-38-63-65(67-55)53-41-48(69-57(20-6-2)43(4)50-26-13-16-29-58(50)69)32-36-61(53)71(63)46-24-19-25-47(40-46)72-62-37-33-49(70-59-30-17-14-27-51(59)52-28-15-18-31-60(52)70)42-54(62)66-64(72)39-35-56(68-66)45-22-11-9-10-12-23-45/h1,6-8,11,13-42H,9H2,2-4H3/b20-6-,21-8-,44-7+. The number of rotatable bonds is 8. The lowest BCUT2D eigenvalue weighted by molar-refractivity contribution is 1.10. The molecule has 6 nitrogen and oxygen atoms in total. The van der Waals surface area contributed by atoms with Crippen molar-refractivity contribution in [2.45, 2.75) is 27.2 Å². The van der Waals surface area contributed by atoms with Gasteiger partial charge < -0.3 is 18.3 Å². The van der Waals surface area contributed by atoms with Crippen molar-refractivity contribution in [3.8, 4) is 46.9 Å². The Balaban J connectivity index is 1.04. The number of aromatic nitrogens is 6. The zero-order chi connectivity index (χ0) is 48.5. The van der Waals surface area contributed by atoms with E-state index in [0.29, 0.717) is 6.42 Å². The molecule has 6 heteroatoms. The molecule has 0 saturated heterocycles. The van der Waals surface area contributed by atoms with Crippen molar-refractivity contribution in [2.24, 2.45) is 0 Å². The molecular formula is C66H46N6. The Morgan fingerprint density at radius 3 is 1.78 bits per heavy atom. The van der Waals surface area contributed by atoms with Crippen LogP contribution < -0.4 is 0 Å². The molecule has 0 atom stereocenters. The normalized spacial score (nSPS) is 13.1. The van der Waals surface area contributed by atoms with Gasteiger partial charge >= 0.3 is 0 Å². The van der Waals surface area contributed by atoms with E-state index in [4.69, 9.17) is 16.4 Å². The molecule has 0 saturated carbocycles. The predicted molar refractivity (Wildman–Crippen MR) is 302 cm³/mol. The Bertz CT molecular complexity index is 4480. The largest absolute Gasteiger partial charge is 0.310 e. The topological polar surface area (TPSA) is 45.5 Å². The summed E-state index contributed by atoms with van der Waals surface area (Å²) in [6.45, 7) is 6.31. The molecule has 72 heavy (non-hydrogen) atoms. The Kier molecular flexibility index (Phi) is 10.1. The SMILES string of the molecule is C#C/C=C\C(=C/C)c1ccc2c(n1)c1cc(-n3c(/C=C\C)c(C)c4ccccc43)ccc1n2-c1cccc(-n2c3ccc(-n4c5ccccc5c5ccccc54)cc3c3nc(C4=CC#CCC=C4)ccc32)c1. The zero-order valence-electron chi connectivity index (χ0n) is 40.1. The Morgan fingerprint density at radius 1 is 0.569 bits per heavy atom. The second-order valence-corrected chi connectivity index (χ2v) is 18.2. The number of hydrogen-bond donors (Lipinski definition) is 0. The fraction of sp³-hybridized carbons (Fsp3) is 0.0606. The molecule has 1 aliphatic carbocycles. The third kappa shape index (κ3) is 6.62. The molecular weight excluding hydrogens is 877 g/mol. The molecule has 0 N–H and O–H groups in total. The summed E-state index contributed by atoms with van der Waals surface area (Å²) in [6, 6.07) is 57.1. The first-order valence-corrected chi connectivity index (χ1v) is 24.4. The third-order valence-corrected chi connectivity index (χ3v) is 14.2. The maximum Gasteiger partial charge on any atom is 0.0971 e. The van der Waals surface area contributed by atoms with E-state index in [1.165, 1.54) is 21.7 Å². The molecule has 12 aromatic rings. The fourth-order valence-corrected chi connectivity index (χ4v) is 11.0. The number of hydrogen-bond acceptors (Lipinski definition) is 2.